The second kappa shape index (κ2) is 6.10. The van der Waals surface area contributed by atoms with Crippen molar-refractivity contribution in [1.82, 2.24) is 5.32 Å². The van der Waals surface area contributed by atoms with Crippen LogP contribution in [0.1, 0.15) is 13.8 Å². The van der Waals surface area contributed by atoms with Crippen molar-refractivity contribution in [2.24, 2.45) is 0 Å². The molecule has 1 amide bonds. The van der Waals surface area contributed by atoms with Gasteiger partial charge in [-0.2, -0.15) is 0 Å². The van der Waals surface area contributed by atoms with Crippen LogP contribution in [0.25, 0.3) is 0 Å². The fourth-order valence-corrected chi connectivity index (χ4v) is 1.73. The van der Waals surface area contributed by atoms with Crippen LogP contribution in [0, 0.1) is 0 Å². The number of hydrogen-bond donors (Lipinski definition) is 4. The summed E-state index contributed by atoms with van der Waals surface area (Å²) in [6.07, 6.45) is -5.15. The van der Waals surface area contributed by atoms with Crippen LogP contribution in [0.15, 0.2) is 0 Å². The van der Waals surface area contributed by atoms with Gasteiger partial charge in [-0.05, 0) is 0 Å². The maximum absolute atomic E-state index is 11.0. The third-order valence-electron chi connectivity index (χ3n) is 2.53. The zero-order chi connectivity index (χ0) is 13.9. The molecule has 0 spiro atoms. The molecular formula is C10H17NO7. The molecule has 8 heteroatoms. The Kier molecular flexibility index (Phi) is 5.03. The summed E-state index contributed by atoms with van der Waals surface area (Å²) < 4.78 is 9.92. The van der Waals surface area contributed by atoms with Crippen LogP contribution in [0.3, 0.4) is 0 Å². The SMILES string of the molecule is CC(=O)N[C@H]1C(OC(C)=O)O[C@H](CO)[C@@H](O)[C@@H]1O. The summed E-state index contributed by atoms with van der Waals surface area (Å²) in [5, 5.41) is 30.8. The lowest BCUT2D eigenvalue weighted by molar-refractivity contribution is -0.262. The minimum absolute atomic E-state index is 0.477. The van der Waals surface area contributed by atoms with E-state index in [1.54, 1.807) is 0 Å². The first kappa shape index (κ1) is 14.8. The molecule has 1 rings (SSSR count). The first-order chi connectivity index (χ1) is 8.36. The average molecular weight is 263 g/mol. The summed E-state index contributed by atoms with van der Waals surface area (Å²) >= 11 is 0. The largest absolute Gasteiger partial charge is 0.434 e. The summed E-state index contributed by atoms with van der Waals surface area (Å²) in [6.45, 7) is 1.80. The van der Waals surface area contributed by atoms with Crippen LogP contribution in [-0.2, 0) is 19.1 Å². The maximum atomic E-state index is 11.0. The quantitative estimate of drug-likeness (QED) is 0.414. The first-order valence-electron chi connectivity index (χ1n) is 5.43. The van der Waals surface area contributed by atoms with Crippen molar-refractivity contribution < 1.29 is 34.4 Å². The number of amides is 1. The Morgan fingerprint density at radius 1 is 1.28 bits per heavy atom. The second-order valence-corrected chi connectivity index (χ2v) is 4.04. The second-order valence-electron chi connectivity index (χ2n) is 4.04. The van der Waals surface area contributed by atoms with Crippen molar-refractivity contribution >= 4 is 11.9 Å². The minimum Gasteiger partial charge on any atom is -0.434 e. The van der Waals surface area contributed by atoms with E-state index in [9.17, 15) is 19.8 Å². The highest BCUT2D eigenvalue weighted by Gasteiger charge is 2.46. The fourth-order valence-electron chi connectivity index (χ4n) is 1.73. The van der Waals surface area contributed by atoms with Crippen molar-refractivity contribution in [3.05, 3.63) is 0 Å². The van der Waals surface area contributed by atoms with E-state index < -0.39 is 49.1 Å². The van der Waals surface area contributed by atoms with Gasteiger partial charge in [0.1, 0.15) is 24.4 Å². The molecule has 0 aromatic carbocycles. The monoisotopic (exact) mass is 263 g/mol. The molecule has 1 unspecified atom stereocenters. The highest BCUT2D eigenvalue weighted by atomic mass is 16.7. The van der Waals surface area contributed by atoms with Gasteiger partial charge >= 0.3 is 5.97 Å². The number of carbonyl (C=O) groups is 2. The van der Waals surface area contributed by atoms with Gasteiger partial charge in [-0.1, -0.05) is 0 Å². The van der Waals surface area contributed by atoms with E-state index in [1.165, 1.54) is 6.92 Å². The molecule has 0 saturated carbocycles. The molecule has 104 valence electrons. The van der Waals surface area contributed by atoms with Gasteiger partial charge in [-0.25, -0.2) is 0 Å². The minimum atomic E-state index is -1.41. The average Bonchev–Trinajstić information content (AvgIpc) is 2.27. The van der Waals surface area contributed by atoms with Crippen LogP contribution in [0.4, 0.5) is 0 Å². The van der Waals surface area contributed by atoms with E-state index >= 15 is 0 Å². The first-order valence-corrected chi connectivity index (χ1v) is 5.43. The highest BCUT2D eigenvalue weighted by Crippen LogP contribution is 2.22. The van der Waals surface area contributed by atoms with Crippen molar-refractivity contribution in [3.8, 4) is 0 Å². The molecule has 4 N–H and O–H groups in total. The number of esters is 1. The molecule has 0 radical (unpaired) electrons. The van der Waals surface area contributed by atoms with Crippen molar-refractivity contribution in [2.75, 3.05) is 6.61 Å². The summed E-state index contributed by atoms with van der Waals surface area (Å²) in [5.74, 6) is -1.15. The number of aliphatic hydroxyl groups is 3. The molecule has 0 aromatic rings. The van der Waals surface area contributed by atoms with Crippen molar-refractivity contribution in [2.45, 2.75) is 44.5 Å². The molecule has 8 nitrogen and oxygen atoms in total. The molecule has 1 aliphatic rings. The molecule has 1 saturated heterocycles. The van der Waals surface area contributed by atoms with Crippen LogP contribution >= 0.6 is 0 Å². The Labute approximate surface area is 104 Å². The van der Waals surface area contributed by atoms with Crippen molar-refractivity contribution in [3.63, 3.8) is 0 Å². The van der Waals surface area contributed by atoms with Crippen LogP contribution in [-0.4, -0.2) is 64.4 Å². The molecule has 0 aromatic heterocycles. The van der Waals surface area contributed by atoms with E-state index in [4.69, 9.17) is 14.6 Å². The van der Waals surface area contributed by atoms with Gasteiger partial charge in [0.15, 0.2) is 0 Å². The van der Waals surface area contributed by atoms with Gasteiger partial charge in [-0.3, -0.25) is 9.59 Å². The standard InChI is InChI=1S/C10H17NO7/c1-4(13)11-7-9(16)8(15)6(3-12)18-10(7)17-5(2)14/h6-10,12,15-16H,3H2,1-2H3,(H,11,13)/t6-,7-,8-,9-,10?/m1/s1. The summed E-state index contributed by atoms with van der Waals surface area (Å²) in [6, 6.07) is -1.09. The molecule has 0 bridgehead atoms. The molecular weight excluding hydrogens is 246 g/mol. The van der Waals surface area contributed by atoms with Gasteiger partial charge in [0.2, 0.25) is 12.2 Å². The van der Waals surface area contributed by atoms with Crippen LogP contribution < -0.4 is 5.32 Å². The lowest BCUT2D eigenvalue weighted by atomic mass is 9.97. The van der Waals surface area contributed by atoms with E-state index in [-0.39, 0.29) is 0 Å². The number of hydrogen-bond acceptors (Lipinski definition) is 7. The lowest BCUT2D eigenvalue weighted by Crippen LogP contribution is -2.64. The van der Waals surface area contributed by atoms with E-state index in [1.807, 2.05) is 0 Å². The third-order valence-corrected chi connectivity index (χ3v) is 2.53. The van der Waals surface area contributed by atoms with Gasteiger partial charge < -0.3 is 30.1 Å². The van der Waals surface area contributed by atoms with Gasteiger partial charge in [0, 0.05) is 13.8 Å². The van der Waals surface area contributed by atoms with Crippen LogP contribution in [0.5, 0.6) is 0 Å². The summed E-state index contributed by atoms with van der Waals surface area (Å²) in [7, 11) is 0. The van der Waals surface area contributed by atoms with Gasteiger partial charge in [0.05, 0.1) is 6.61 Å². The third kappa shape index (κ3) is 3.39. The normalized spacial score (nSPS) is 35.9. The van der Waals surface area contributed by atoms with E-state index in [0.29, 0.717) is 0 Å². The zero-order valence-electron chi connectivity index (χ0n) is 10.1. The zero-order valence-corrected chi connectivity index (χ0v) is 10.1. The Morgan fingerprint density at radius 2 is 1.89 bits per heavy atom. The van der Waals surface area contributed by atoms with Gasteiger partial charge in [-0.15, -0.1) is 0 Å². The number of nitrogens with one attached hydrogen (secondary N) is 1. The topological polar surface area (TPSA) is 125 Å². The Balaban J connectivity index is 2.86. The summed E-state index contributed by atoms with van der Waals surface area (Å²) in [5.41, 5.74) is 0. The Bertz CT molecular complexity index is 321. The Hall–Kier alpha value is -1.22. The van der Waals surface area contributed by atoms with Crippen molar-refractivity contribution in [1.29, 1.82) is 0 Å². The van der Waals surface area contributed by atoms with Crippen LogP contribution in [0.2, 0.25) is 0 Å². The molecule has 0 aliphatic carbocycles. The molecule has 18 heavy (non-hydrogen) atoms. The molecule has 1 fully saturated rings. The lowest BCUT2D eigenvalue weighted by Gasteiger charge is -2.41. The number of ether oxygens (including phenoxy) is 2. The predicted octanol–water partition coefficient (Wildman–Crippen LogP) is -2.51. The summed E-state index contributed by atoms with van der Waals surface area (Å²) in [4.78, 5) is 21.9. The molecule has 1 heterocycles. The number of carbonyl (C=O) groups excluding carboxylic acids is 2. The molecule has 5 atom stereocenters. The number of aliphatic hydroxyl groups excluding tert-OH is 3. The van der Waals surface area contributed by atoms with E-state index in [2.05, 4.69) is 5.32 Å². The maximum Gasteiger partial charge on any atom is 0.305 e. The highest BCUT2D eigenvalue weighted by molar-refractivity contribution is 5.73. The fraction of sp³-hybridized carbons (Fsp3) is 0.800. The van der Waals surface area contributed by atoms with Gasteiger partial charge in [0.25, 0.3) is 0 Å². The Morgan fingerprint density at radius 3 is 2.33 bits per heavy atom. The van der Waals surface area contributed by atoms with E-state index in [0.717, 1.165) is 6.92 Å². The predicted molar refractivity (Wildman–Crippen MR) is 57.1 cm³/mol. The smallest absolute Gasteiger partial charge is 0.305 e. The number of rotatable bonds is 3. The molecule has 1 aliphatic heterocycles.